The van der Waals surface area contributed by atoms with E-state index >= 15 is 0 Å². The number of hydrogen-bond acceptors (Lipinski definition) is 4. The summed E-state index contributed by atoms with van der Waals surface area (Å²) in [5, 5.41) is 3.74. The highest BCUT2D eigenvalue weighted by Gasteiger charge is 2.39. The highest BCUT2D eigenvalue weighted by molar-refractivity contribution is 6.74. The van der Waals surface area contributed by atoms with Crippen molar-refractivity contribution in [3.63, 3.8) is 0 Å². The SMILES string of the molecule is CN(C(=O)c1ccccc1)C1=CCC(NC[C@H](O[Si](C)(C)C(C)(C)C)c2ccccc2)C(N)=C1. The Morgan fingerprint density at radius 2 is 1.71 bits per heavy atom. The molecule has 1 amide bonds. The monoisotopic (exact) mass is 477 g/mol. The van der Waals surface area contributed by atoms with Gasteiger partial charge in [-0.25, -0.2) is 0 Å². The number of benzene rings is 2. The summed E-state index contributed by atoms with van der Waals surface area (Å²) in [5.41, 5.74) is 9.83. The molecule has 34 heavy (non-hydrogen) atoms. The summed E-state index contributed by atoms with van der Waals surface area (Å²) in [6.45, 7) is 12.0. The van der Waals surface area contributed by atoms with Crippen LogP contribution in [0.2, 0.25) is 18.1 Å². The molecule has 0 spiro atoms. The van der Waals surface area contributed by atoms with Crippen molar-refractivity contribution in [2.75, 3.05) is 13.6 Å². The number of carbonyl (C=O) groups is 1. The minimum absolute atomic E-state index is 0.00166. The van der Waals surface area contributed by atoms with Crippen LogP contribution < -0.4 is 11.1 Å². The maximum Gasteiger partial charge on any atom is 0.257 e. The number of nitrogens with two attached hydrogens (primary N) is 1. The molecular weight excluding hydrogens is 438 g/mol. The summed E-state index contributed by atoms with van der Waals surface area (Å²) in [6.07, 6.45) is 4.63. The number of rotatable bonds is 8. The van der Waals surface area contributed by atoms with Gasteiger partial charge in [-0.3, -0.25) is 4.79 Å². The fourth-order valence-electron chi connectivity index (χ4n) is 3.71. The molecule has 0 saturated heterocycles. The number of amides is 1. The summed E-state index contributed by atoms with van der Waals surface area (Å²) in [5.74, 6) is -0.0470. The molecule has 0 aliphatic heterocycles. The number of nitrogens with one attached hydrogen (secondary N) is 1. The van der Waals surface area contributed by atoms with E-state index in [1.807, 2.05) is 42.5 Å². The molecule has 0 radical (unpaired) electrons. The first-order valence-corrected chi connectivity index (χ1v) is 14.9. The zero-order chi connectivity index (χ0) is 24.9. The van der Waals surface area contributed by atoms with Gasteiger partial charge in [-0.1, -0.05) is 75.4 Å². The van der Waals surface area contributed by atoms with Gasteiger partial charge in [0.1, 0.15) is 0 Å². The molecule has 0 saturated carbocycles. The number of allylic oxidation sites excluding steroid dienone is 1. The lowest BCUT2D eigenvalue weighted by atomic mass is 10.0. The van der Waals surface area contributed by atoms with Gasteiger partial charge >= 0.3 is 0 Å². The molecule has 6 heteroatoms. The van der Waals surface area contributed by atoms with E-state index in [1.54, 1.807) is 11.9 Å². The van der Waals surface area contributed by atoms with Crippen LogP contribution in [0.15, 0.2) is 84.2 Å². The second-order valence-electron chi connectivity index (χ2n) is 10.5. The van der Waals surface area contributed by atoms with Crippen molar-refractivity contribution in [2.24, 2.45) is 5.73 Å². The van der Waals surface area contributed by atoms with E-state index in [0.717, 1.165) is 11.4 Å². The van der Waals surface area contributed by atoms with Crippen LogP contribution in [-0.4, -0.2) is 38.8 Å². The van der Waals surface area contributed by atoms with Crippen LogP contribution in [0.25, 0.3) is 0 Å². The van der Waals surface area contributed by atoms with Crippen molar-refractivity contribution in [3.05, 3.63) is 95.3 Å². The van der Waals surface area contributed by atoms with Crippen LogP contribution in [0.4, 0.5) is 0 Å². The smallest absolute Gasteiger partial charge is 0.257 e. The van der Waals surface area contributed by atoms with Crippen LogP contribution in [0.1, 0.15) is 49.2 Å². The normalized spacial score (nSPS) is 17.5. The second-order valence-corrected chi connectivity index (χ2v) is 15.2. The van der Waals surface area contributed by atoms with E-state index in [0.29, 0.717) is 18.5 Å². The van der Waals surface area contributed by atoms with Crippen molar-refractivity contribution in [2.45, 2.75) is 57.5 Å². The molecule has 1 aliphatic rings. The highest BCUT2D eigenvalue weighted by atomic mass is 28.4. The third-order valence-corrected chi connectivity index (χ3v) is 11.4. The van der Waals surface area contributed by atoms with E-state index < -0.39 is 8.32 Å². The molecule has 1 aliphatic carbocycles. The van der Waals surface area contributed by atoms with Gasteiger partial charge in [0.15, 0.2) is 8.32 Å². The largest absolute Gasteiger partial charge is 0.409 e. The Morgan fingerprint density at radius 1 is 1.12 bits per heavy atom. The highest BCUT2D eigenvalue weighted by Crippen LogP contribution is 2.39. The van der Waals surface area contributed by atoms with Crippen molar-refractivity contribution in [1.82, 2.24) is 10.2 Å². The maximum atomic E-state index is 12.8. The van der Waals surface area contributed by atoms with Gasteiger partial charge in [0.25, 0.3) is 5.91 Å². The first-order valence-electron chi connectivity index (χ1n) is 12.0. The lowest BCUT2D eigenvalue weighted by Gasteiger charge is -2.40. The number of nitrogens with zero attached hydrogens (tertiary/aromatic N) is 1. The van der Waals surface area contributed by atoms with Crippen LogP contribution in [0.3, 0.4) is 0 Å². The quantitative estimate of drug-likeness (QED) is 0.485. The van der Waals surface area contributed by atoms with Crippen LogP contribution >= 0.6 is 0 Å². The van der Waals surface area contributed by atoms with E-state index in [4.69, 9.17) is 10.2 Å². The standard InChI is InChI=1S/C28H39N3O2Si/c1-28(2,3)34(5,6)33-26(21-13-9-7-10-14-21)20-30-25-18-17-23(19-24(25)29)31(4)27(32)22-15-11-8-12-16-22/h7-17,19,25-26,30H,18,20,29H2,1-6H3/t25?,26-/m0/s1. The first-order chi connectivity index (χ1) is 16.0. The molecule has 0 bridgehead atoms. The van der Waals surface area contributed by atoms with Crippen molar-refractivity contribution < 1.29 is 9.22 Å². The van der Waals surface area contributed by atoms with Crippen molar-refractivity contribution in [1.29, 1.82) is 0 Å². The number of likely N-dealkylation sites (N-methyl/N-ethyl adjacent to an activating group) is 1. The van der Waals surface area contributed by atoms with Crippen LogP contribution in [0.5, 0.6) is 0 Å². The first kappa shape index (κ1) is 25.9. The predicted molar refractivity (Wildman–Crippen MR) is 143 cm³/mol. The van der Waals surface area contributed by atoms with Gasteiger partial charge in [0.2, 0.25) is 0 Å². The summed E-state index contributed by atoms with van der Waals surface area (Å²) < 4.78 is 6.80. The molecule has 0 fully saturated rings. The van der Waals surface area contributed by atoms with Gasteiger partial charge in [0.05, 0.1) is 12.1 Å². The molecule has 3 N–H and O–H groups in total. The van der Waals surface area contributed by atoms with E-state index in [9.17, 15) is 4.79 Å². The van der Waals surface area contributed by atoms with Crippen molar-refractivity contribution >= 4 is 14.2 Å². The Morgan fingerprint density at radius 3 is 2.26 bits per heavy atom. The molecule has 0 aromatic heterocycles. The molecule has 2 aromatic carbocycles. The number of hydrogen-bond donors (Lipinski definition) is 2. The fourth-order valence-corrected chi connectivity index (χ4v) is 4.99. The van der Waals surface area contributed by atoms with Crippen molar-refractivity contribution in [3.8, 4) is 0 Å². The Balaban J connectivity index is 1.68. The third kappa shape index (κ3) is 6.26. The van der Waals surface area contributed by atoms with Crippen LogP contribution in [-0.2, 0) is 4.43 Å². The maximum absolute atomic E-state index is 12.8. The molecule has 182 valence electrons. The fraction of sp³-hybridized carbons (Fsp3) is 0.393. The molecule has 0 heterocycles. The summed E-state index contributed by atoms with van der Waals surface area (Å²) >= 11 is 0. The molecule has 5 nitrogen and oxygen atoms in total. The lowest BCUT2D eigenvalue weighted by Crippen LogP contribution is -2.45. The van der Waals surface area contributed by atoms with Gasteiger partial charge in [-0.05, 0) is 48.3 Å². The second kappa shape index (κ2) is 10.7. The van der Waals surface area contributed by atoms with E-state index in [2.05, 4.69) is 69.5 Å². The third-order valence-electron chi connectivity index (χ3n) is 6.96. The van der Waals surface area contributed by atoms with Crippen LogP contribution in [0, 0.1) is 0 Å². The van der Waals surface area contributed by atoms with Gasteiger partial charge in [-0.15, -0.1) is 0 Å². The Hall–Kier alpha value is -2.67. The van der Waals surface area contributed by atoms with E-state index in [-0.39, 0.29) is 23.1 Å². The summed E-state index contributed by atoms with van der Waals surface area (Å²) in [4.78, 5) is 14.5. The predicted octanol–water partition coefficient (Wildman–Crippen LogP) is 5.61. The molecule has 1 unspecified atom stereocenters. The molecule has 2 atom stereocenters. The molecule has 3 rings (SSSR count). The molecular formula is C28H39N3O2Si. The zero-order valence-electron chi connectivity index (χ0n) is 21.3. The van der Waals surface area contributed by atoms with Gasteiger partial charge in [-0.2, -0.15) is 0 Å². The topological polar surface area (TPSA) is 67.6 Å². The Bertz CT molecular complexity index is 1030. The van der Waals surface area contributed by atoms with Gasteiger partial charge < -0.3 is 20.4 Å². The minimum Gasteiger partial charge on any atom is -0.409 e. The average Bonchev–Trinajstić information content (AvgIpc) is 2.81. The Labute approximate surface area is 205 Å². The zero-order valence-corrected chi connectivity index (χ0v) is 22.3. The lowest BCUT2D eigenvalue weighted by molar-refractivity contribution is 0.0839. The average molecular weight is 478 g/mol. The minimum atomic E-state index is -1.97. The van der Waals surface area contributed by atoms with E-state index in [1.165, 1.54) is 5.56 Å². The number of carbonyl (C=O) groups excluding carboxylic acids is 1. The van der Waals surface area contributed by atoms with Gasteiger partial charge in [0, 0.05) is 30.5 Å². The summed E-state index contributed by atoms with van der Waals surface area (Å²) in [7, 11) is -0.178. The Kier molecular flexibility index (Phi) is 8.18. The molecule has 2 aromatic rings. The summed E-state index contributed by atoms with van der Waals surface area (Å²) in [6, 6.07) is 19.7.